The fourth-order valence-corrected chi connectivity index (χ4v) is 3.90. The number of nitrogens with zero attached hydrogens (tertiary/aromatic N) is 1. The fraction of sp³-hybridized carbons (Fsp3) is 0.217. The van der Waals surface area contributed by atoms with E-state index in [1.165, 1.54) is 21.3 Å². The van der Waals surface area contributed by atoms with Gasteiger partial charge in [0.2, 0.25) is 11.5 Å². The maximum atomic E-state index is 13.4. The van der Waals surface area contributed by atoms with Crippen molar-refractivity contribution in [1.29, 1.82) is 0 Å². The molecule has 2 heterocycles. The highest BCUT2D eigenvalue weighted by molar-refractivity contribution is 5.99. The van der Waals surface area contributed by atoms with Crippen molar-refractivity contribution in [3.63, 3.8) is 0 Å². The Labute approximate surface area is 173 Å². The van der Waals surface area contributed by atoms with E-state index in [-0.39, 0.29) is 29.2 Å². The van der Waals surface area contributed by atoms with Crippen LogP contribution in [0.25, 0.3) is 11.0 Å². The first-order valence-corrected chi connectivity index (χ1v) is 9.33. The minimum atomic E-state index is -0.680. The summed E-state index contributed by atoms with van der Waals surface area (Å²) in [5.41, 5.74) is 1.06. The number of rotatable bonds is 6. The van der Waals surface area contributed by atoms with E-state index >= 15 is 0 Å². The predicted molar refractivity (Wildman–Crippen MR) is 112 cm³/mol. The molecule has 1 aliphatic rings. The van der Waals surface area contributed by atoms with Crippen molar-refractivity contribution in [2.24, 2.45) is 0 Å². The monoisotopic (exact) mass is 407 g/mol. The van der Waals surface area contributed by atoms with Crippen molar-refractivity contribution in [3.05, 3.63) is 76.2 Å². The van der Waals surface area contributed by atoms with Gasteiger partial charge >= 0.3 is 0 Å². The standard InChI is InChI=1S/C23H21NO6/c1-5-10-24-19(13-11-16(27-2)21(29-4)17(12-13)28-3)18-20(25)14-8-6-7-9-15(14)30-22(18)23(24)26/h5-9,11-12,19H,1,10H2,2-4H3/t19-/m0/s1. The number of hydrogen-bond acceptors (Lipinski definition) is 6. The maximum absolute atomic E-state index is 13.4. The highest BCUT2D eigenvalue weighted by atomic mass is 16.5. The van der Waals surface area contributed by atoms with Crippen LogP contribution in [0.3, 0.4) is 0 Å². The van der Waals surface area contributed by atoms with Crippen LogP contribution >= 0.6 is 0 Å². The highest BCUT2D eigenvalue weighted by Crippen LogP contribution is 2.44. The number of amides is 1. The molecule has 1 aromatic heterocycles. The molecule has 1 amide bonds. The van der Waals surface area contributed by atoms with Gasteiger partial charge in [0, 0.05) is 6.54 Å². The van der Waals surface area contributed by atoms with E-state index in [9.17, 15) is 9.59 Å². The third-order valence-electron chi connectivity index (χ3n) is 5.20. The lowest BCUT2D eigenvalue weighted by Crippen LogP contribution is -2.29. The minimum Gasteiger partial charge on any atom is -0.493 e. The van der Waals surface area contributed by atoms with E-state index < -0.39 is 6.04 Å². The van der Waals surface area contributed by atoms with E-state index in [0.29, 0.717) is 33.8 Å². The molecule has 0 aliphatic carbocycles. The lowest BCUT2D eigenvalue weighted by atomic mass is 9.97. The zero-order valence-corrected chi connectivity index (χ0v) is 16.9. The average molecular weight is 407 g/mol. The van der Waals surface area contributed by atoms with Gasteiger partial charge in [-0.25, -0.2) is 0 Å². The molecule has 0 unspecified atom stereocenters. The summed E-state index contributed by atoms with van der Waals surface area (Å²) in [6, 6.07) is 9.68. The van der Waals surface area contributed by atoms with Gasteiger partial charge in [-0.1, -0.05) is 18.2 Å². The molecule has 1 aliphatic heterocycles. The molecular formula is C23H21NO6. The van der Waals surface area contributed by atoms with Crippen LogP contribution in [0.4, 0.5) is 0 Å². The third-order valence-corrected chi connectivity index (χ3v) is 5.20. The Hall–Kier alpha value is -3.74. The molecule has 0 radical (unpaired) electrons. The summed E-state index contributed by atoms with van der Waals surface area (Å²) in [5, 5.41) is 0.418. The largest absolute Gasteiger partial charge is 0.493 e. The highest BCUT2D eigenvalue weighted by Gasteiger charge is 2.42. The van der Waals surface area contributed by atoms with Gasteiger partial charge in [0.05, 0.1) is 38.3 Å². The second kappa shape index (κ2) is 7.59. The Balaban J connectivity index is 2.02. The van der Waals surface area contributed by atoms with Gasteiger partial charge < -0.3 is 23.5 Å². The van der Waals surface area contributed by atoms with Crippen LogP contribution in [-0.4, -0.2) is 38.7 Å². The lowest BCUT2D eigenvalue weighted by molar-refractivity contribution is 0.0748. The number of benzene rings is 2. The Morgan fingerprint density at radius 1 is 1.07 bits per heavy atom. The normalized spacial score (nSPS) is 15.2. The second-order valence-corrected chi connectivity index (χ2v) is 6.78. The van der Waals surface area contributed by atoms with Gasteiger partial charge in [-0.05, 0) is 29.8 Å². The number of carbonyl (C=O) groups is 1. The predicted octanol–water partition coefficient (Wildman–Crippen LogP) is 3.55. The number of hydrogen-bond donors (Lipinski definition) is 0. The molecule has 154 valence electrons. The van der Waals surface area contributed by atoms with E-state index in [0.717, 1.165) is 0 Å². The molecule has 0 saturated heterocycles. The van der Waals surface area contributed by atoms with Gasteiger partial charge in [0.1, 0.15) is 5.58 Å². The Kier molecular flexibility index (Phi) is 4.95. The van der Waals surface area contributed by atoms with E-state index in [4.69, 9.17) is 18.6 Å². The summed E-state index contributed by atoms with van der Waals surface area (Å²) < 4.78 is 22.2. The van der Waals surface area contributed by atoms with Crippen molar-refractivity contribution in [2.75, 3.05) is 27.9 Å². The van der Waals surface area contributed by atoms with Gasteiger partial charge in [0.15, 0.2) is 16.9 Å². The average Bonchev–Trinajstić information content (AvgIpc) is 3.05. The lowest BCUT2D eigenvalue weighted by Gasteiger charge is -2.25. The summed E-state index contributed by atoms with van der Waals surface area (Å²) in [5.74, 6) is 0.952. The number of ether oxygens (including phenoxy) is 3. The molecule has 3 aromatic rings. The quantitative estimate of drug-likeness (QED) is 0.582. The van der Waals surface area contributed by atoms with Crippen molar-refractivity contribution in [2.45, 2.75) is 6.04 Å². The molecule has 0 fully saturated rings. The van der Waals surface area contributed by atoms with Gasteiger partial charge in [-0.15, -0.1) is 6.58 Å². The topological polar surface area (TPSA) is 78.2 Å². The molecule has 0 N–H and O–H groups in total. The Morgan fingerprint density at radius 2 is 1.73 bits per heavy atom. The second-order valence-electron chi connectivity index (χ2n) is 6.78. The molecule has 30 heavy (non-hydrogen) atoms. The maximum Gasteiger partial charge on any atom is 0.291 e. The first-order valence-electron chi connectivity index (χ1n) is 9.33. The van der Waals surface area contributed by atoms with Gasteiger partial charge in [-0.2, -0.15) is 0 Å². The first kappa shape index (κ1) is 19.6. The van der Waals surface area contributed by atoms with Crippen LogP contribution < -0.4 is 19.6 Å². The molecule has 7 nitrogen and oxygen atoms in total. The number of para-hydroxylation sites is 1. The summed E-state index contributed by atoms with van der Waals surface area (Å²) in [4.78, 5) is 28.1. The summed E-state index contributed by atoms with van der Waals surface area (Å²) in [7, 11) is 4.54. The Morgan fingerprint density at radius 3 is 2.33 bits per heavy atom. The number of fused-ring (bicyclic) bond motifs is 2. The number of methoxy groups -OCH3 is 3. The summed E-state index contributed by atoms with van der Waals surface area (Å²) >= 11 is 0. The van der Waals surface area contributed by atoms with E-state index in [1.807, 2.05) is 0 Å². The van der Waals surface area contributed by atoms with Crippen LogP contribution in [0.1, 0.15) is 27.7 Å². The van der Waals surface area contributed by atoms with E-state index in [1.54, 1.807) is 47.4 Å². The van der Waals surface area contributed by atoms with Crippen molar-refractivity contribution in [1.82, 2.24) is 4.90 Å². The Bertz CT molecular complexity index is 1190. The van der Waals surface area contributed by atoms with Gasteiger partial charge in [-0.3, -0.25) is 9.59 Å². The molecule has 7 heteroatoms. The first-order chi connectivity index (χ1) is 14.5. The van der Waals surface area contributed by atoms with Crippen LogP contribution in [0.2, 0.25) is 0 Å². The molecule has 0 saturated carbocycles. The van der Waals surface area contributed by atoms with Crippen LogP contribution in [-0.2, 0) is 0 Å². The molecule has 0 spiro atoms. The van der Waals surface area contributed by atoms with Crippen molar-refractivity contribution < 1.29 is 23.4 Å². The van der Waals surface area contributed by atoms with Crippen molar-refractivity contribution >= 4 is 16.9 Å². The minimum absolute atomic E-state index is 0.0410. The van der Waals surface area contributed by atoms with Crippen LogP contribution in [0.15, 0.2) is 58.3 Å². The molecular weight excluding hydrogens is 386 g/mol. The summed E-state index contributed by atoms with van der Waals surface area (Å²) in [6.45, 7) is 3.99. The van der Waals surface area contributed by atoms with E-state index in [2.05, 4.69) is 6.58 Å². The SMILES string of the molecule is C=CCN1C(=O)c2oc3ccccc3c(=O)c2[C@@H]1c1cc(OC)c(OC)c(OC)c1. The van der Waals surface area contributed by atoms with Crippen LogP contribution in [0, 0.1) is 0 Å². The van der Waals surface area contributed by atoms with Gasteiger partial charge in [0.25, 0.3) is 5.91 Å². The molecule has 0 bridgehead atoms. The zero-order chi connectivity index (χ0) is 21.4. The number of carbonyl (C=O) groups excluding carboxylic acids is 1. The zero-order valence-electron chi connectivity index (χ0n) is 16.9. The summed E-state index contributed by atoms with van der Waals surface area (Å²) in [6.07, 6.45) is 1.61. The van der Waals surface area contributed by atoms with Crippen molar-refractivity contribution in [3.8, 4) is 17.2 Å². The fourth-order valence-electron chi connectivity index (χ4n) is 3.90. The van der Waals surface area contributed by atoms with Crippen LogP contribution in [0.5, 0.6) is 17.2 Å². The molecule has 1 atom stereocenters. The smallest absolute Gasteiger partial charge is 0.291 e. The third kappa shape index (κ3) is 2.82. The molecule has 2 aromatic carbocycles. The molecule has 4 rings (SSSR count).